The quantitative estimate of drug-likeness (QED) is 0.600. The molecule has 0 aromatic heterocycles. The summed E-state index contributed by atoms with van der Waals surface area (Å²) in [6.07, 6.45) is 5.47. The molecule has 0 fully saturated rings. The first kappa shape index (κ1) is 16.0. The van der Waals surface area contributed by atoms with Crippen LogP contribution in [0, 0.1) is 0 Å². The fourth-order valence-corrected chi connectivity index (χ4v) is 1.69. The molecule has 0 saturated heterocycles. The molecule has 0 radical (unpaired) electrons. The summed E-state index contributed by atoms with van der Waals surface area (Å²) >= 11 is 5.60. The van der Waals surface area contributed by atoms with Gasteiger partial charge in [0.15, 0.2) is 0 Å². The van der Waals surface area contributed by atoms with Crippen LogP contribution in [-0.2, 0) is 5.88 Å². The van der Waals surface area contributed by atoms with E-state index < -0.39 is 0 Å². The lowest BCUT2D eigenvalue weighted by Crippen LogP contribution is -1.76. The van der Waals surface area contributed by atoms with Gasteiger partial charge in [0.2, 0.25) is 0 Å². The molecule has 2 aromatic rings. The molecule has 0 bridgehead atoms. The van der Waals surface area contributed by atoms with Gasteiger partial charge in [0, 0.05) is 5.88 Å². The Hall–Kier alpha value is -2.05. The van der Waals surface area contributed by atoms with E-state index >= 15 is 0 Å². The standard InChI is InChI=1S/C10H10.C9H9Cl/c1-3-9-5-7-10(4-2)8-6-9;1-2-8-3-5-9(7-10)6-4-8/h3-8H,1-2H2;2-6H,1,7H2. The molecule has 0 saturated carbocycles. The van der Waals surface area contributed by atoms with E-state index in [-0.39, 0.29) is 0 Å². The van der Waals surface area contributed by atoms with Crippen molar-refractivity contribution in [1.29, 1.82) is 0 Å². The lowest BCUT2D eigenvalue weighted by molar-refractivity contribution is 1.40. The van der Waals surface area contributed by atoms with E-state index in [1.54, 1.807) is 0 Å². The molecule has 0 aliphatic carbocycles. The Kier molecular flexibility index (Phi) is 7.16. The van der Waals surface area contributed by atoms with E-state index in [0.29, 0.717) is 5.88 Å². The van der Waals surface area contributed by atoms with E-state index in [1.807, 2.05) is 66.8 Å². The second kappa shape index (κ2) is 8.95. The zero-order chi connectivity index (χ0) is 14.8. The minimum Gasteiger partial charge on any atom is -0.122 e. The third-order valence-corrected chi connectivity index (χ3v) is 3.09. The highest BCUT2D eigenvalue weighted by atomic mass is 35.5. The second-order valence-corrected chi connectivity index (χ2v) is 4.42. The molecule has 0 aliphatic rings. The molecule has 0 unspecified atom stereocenters. The molecular formula is C19H19Cl. The van der Waals surface area contributed by atoms with Gasteiger partial charge in [-0.05, 0) is 22.3 Å². The van der Waals surface area contributed by atoms with Crippen LogP contribution >= 0.6 is 11.6 Å². The predicted molar refractivity (Wildman–Crippen MR) is 92.7 cm³/mol. The van der Waals surface area contributed by atoms with Gasteiger partial charge in [0.05, 0.1) is 0 Å². The summed E-state index contributed by atoms with van der Waals surface area (Å²) in [5.41, 5.74) is 4.57. The van der Waals surface area contributed by atoms with Gasteiger partial charge in [-0.25, -0.2) is 0 Å². The number of alkyl halides is 1. The molecule has 0 heterocycles. The maximum Gasteiger partial charge on any atom is 0.0474 e. The second-order valence-electron chi connectivity index (χ2n) is 4.15. The Balaban J connectivity index is 0.000000200. The Labute approximate surface area is 126 Å². The number of hydrogen-bond acceptors (Lipinski definition) is 0. The molecule has 2 rings (SSSR count). The summed E-state index contributed by atoms with van der Waals surface area (Å²) in [7, 11) is 0. The van der Waals surface area contributed by atoms with Crippen LogP contribution in [0.1, 0.15) is 22.3 Å². The third-order valence-electron chi connectivity index (χ3n) is 2.78. The summed E-state index contributed by atoms with van der Waals surface area (Å²) in [6, 6.07) is 16.1. The van der Waals surface area contributed by atoms with E-state index in [2.05, 4.69) is 19.7 Å². The number of halogens is 1. The maximum atomic E-state index is 5.60. The van der Waals surface area contributed by atoms with Crippen LogP contribution in [0.3, 0.4) is 0 Å². The fraction of sp³-hybridized carbons (Fsp3) is 0.0526. The van der Waals surface area contributed by atoms with E-state index in [9.17, 15) is 0 Å². The van der Waals surface area contributed by atoms with Gasteiger partial charge in [0.1, 0.15) is 0 Å². The lowest BCUT2D eigenvalue weighted by atomic mass is 10.1. The van der Waals surface area contributed by atoms with Crippen molar-refractivity contribution in [3.63, 3.8) is 0 Å². The third kappa shape index (κ3) is 5.29. The average Bonchev–Trinajstić information content (AvgIpc) is 2.55. The molecule has 0 N–H and O–H groups in total. The van der Waals surface area contributed by atoms with E-state index in [1.165, 1.54) is 0 Å². The molecule has 0 atom stereocenters. The van der Waals surface area contributed by atoms with E-state index in [0.717, 1.165) is 22.3 Å². The minimum atomic E-state index is 0.581. The van der Waals surface area contributed by atoms with Crippen LogP contribution in [0.25, 0.3) is 18.2 Å². The van der Waals surface area contributed by atoms with Crippen molar-refractivity contribution in [2.24, 2.45) is 0 Å². The van der Waals surface area contributed by atoms with Crippen molar-refractivity contribution >= 4 is 29.8 Å². The molecule has 20 heavy (non-hydrogen) atoms. The predicted octanol–water partition coefficient (Wildman–Crippen LogP) is 6.04. The largest absolute Gasteiger partial charge is 0.122 e. The van der Waals surface area contributed by atoms with Crippen LogP contribution in [0.15, 0.2) is 68.3 Å². The zero-order valence-electron chi connectivity index (χ0n) is 11.6. The van der Waals surface area contributed by atoms with E-state index in [4.69, 9.17) is 11.6 Å². The molecule has 102 valence electrons. The molecule has 2 aromatic carbocycles. The van der Waals surface area contributed by atoms with Gasteiger partial charge >= 0.3 is 0 Å². The molecule has 0 spiro atoms. The van der Waals surface area contributed by atoms with Crippen LogP contribution < -0.4 is 0 Å². The first-order chi connectivity index (χ1) is 9.73. The van der Waals surface area contributed by atoms with Crippen LogP contribution in [0.5, 0.6) is 0 Å². The summed E-state index contributed by atoms with van der Waals surface area (Å²) in [6.45, 7) is 11.0. The van der Waals surface area contributed by atoms with Crippen LogP contribution in [0.4, 0.5) is 0 Å². The number of hydrogen-bond donors (Lipinski definition) is 0. The van der Waals surface area contributed by atoms with Crippen LogP contribution in [0.2, 0.25) is 0 Å². The Morgan fingerprint density at radius 1 is 0.650 bits per heavy atom. The van der Waals surface area contributed by atoms with Gasteiger partial charge < -0.3 is 0 Å². The lowest BCUT2D eigenvalue weighted by Gasteiger charge is -1.94. The summed E-state index contributed by atoms with van der Waals surface area (Å²) in [4.78, 5) is 0. The van der Waals surface area contributed by atoms with Gasteiger partial charge in [-0.2, -0.15) is 0 Å². The van der Waals surface area contributed by atoms with Crippen molar-refractivity contribution in [3.05, 3.63) is 90.5 Å². The van der Waals surface area contributed by atoms with Gasteiger partial charge in [-0.1, -0.05) is 86.5 Å². The Bertz CT molecular complexity index is 520. The average molecular weight is 283 g/mol. The Morgan fingerprint density at radius 2 is 0.950 bits per heavy atom. The highest BCUT2D eigenvalue weighted by Crippen LogP contribution is 2.07. The summed E-state index contributed by atoms with van der Waals surface area (Å²) in [5.74, 6) is 0.581. The van der Waals surface area contributed by atoms with Gasteiger partial charge in [-0.15, -0.1) is 11.6 Å². The van der Waals surface area contributed by atoms with Crippen molar-refractivity contribution in [2.75, 3.05) is 0 Å². The van der Waals surface area contributed by atoms with Crippen molar-refractivity contribution in [2.45, 2.75) is 5.88 Å². The first-order valence-electron chi connectivity index (χ1n) is 6.35. The van der Waals surface area contributed by atoms with Crippen molar-refractivity contribution < 1.29 is 0 Å². The molecule has 0 aliphatic heterocycles. The molecular weight excluding hydrogens is 264 g/mol. The van der Waals surface area contributed by atoms with Gasteiger partial charge in [0.25, 0.3) is 0 Å². The number of benzene rings is 2. The minimum absolute atomic E-state index is 0.581. The zero-order valence-corrected chi connectivity index (χ0v) is 12.3. The highest BCUT2D eigenvalue weighted by Gasteiger charge is 1.87. The summed E-state index contributed by atoms with van der Waals surface area (Å²) < 4.78 is 0. The monoisotopic (exact) mass is 282 g/mol. The van der Waals surface area contributed by atoms with Crippen molar-refractivity contribution in [1.82, 2.24) is 0 Å². The smallest absolute Gasteiger partial charge is 0.0474 e. The number of rotatable bonds is 4. The van der Waals surface area contributed by atoms with Crippen molar-refractivity contribution in [3.8, 4) is 0 Å². The summed E-state index contributed by atoms with van der Waals surface area (Å²) in [5, 5.41) is 0. The first-order valence-corrected chi connectivity index (χ1v) is 6.89. The maximum absolute atomic E-state index is 5.60. The SMILES string of the molecule is C=Cc1ccc(C=C)cc1.C=Cc1ccc(CCl)cc1. The Morgan fingerprint density at radius 3 is 1.20 bits per heavy atom. The van der Waals surface area contributed by atoms with Gasteiger partial charge in [-0.3, -0.25) is 0 Å². The topological polar surface area (TPSA) is 0 Å². The van der Waals surface area contributed by atoms with Crippen LogP contribution in [-0.4, -0.2) is 0 Å². The molecule has 0 amide bonds. The normalized spacial score (nSPS) is 9.05. The highest BCUT2D eigenvalue weighted by molar-refractivity contribution is 6.17. The fourth-order valence-electron chi connectivity index (χ4n) is 1.51. The molecule has 1 heteroatoms. The molecule has 0 nitrogen and oxygen atoms in total.